The van der Waals surface area contributed by atoms with Crippen molar-refractivity contribution >= 4 is 34.7 Å². The molecule has 0 spiro atoms. The molecule has 4 rings (SSSR count). The molecule has 1 fully saturated rings. The lowest BCUT2D eigenvalue weighted by Crippen LogP contribution is -2.30. The van der Waals surface area contributed by atoms with E-state index in [1.807, 2.05) is 20.8 Å². The van der Waals surface area contributed by atoms with Gasteiger partial charge >= 0.3 is 0 Å². The summed E-state index contributed by atoms with van der Waals surface area (Å²) in [6.45, 7) is 6.27. The summed E-state index contributed by atoms with van der Waals surface area (Å²) in [5.41, 5.74) is 2.93. The second-order valence-corrected chi connectivity index (χ2v) is 9.48. The van der Waals surface area contributed by atoms with Crippen LogP contribution in [-0.2, 0) is 9.59 Å². The Morgan fingerprint density at radius 3 is 2.29 bits per heavy atom. The van der Waals surface area contributed by atoms with E-state index in [-0.39, 0.29) is 11.3 Å². The smallest absolute Gasteiger partial charge is 0.300 e. The van der Waals surface area contributed by atoms with Gasteiger partial charge in [0.15, 0.2) is 11.5 Å². The molecule has 38 heavy (non-hydrogen) atoms. The summed E-state index contributed by atoms with van der Waals surface area (Å²) in [7, 11) is 3.03. The van der Waals surface area contributed by atoms with Gasteiger partial charge in [0.25, 0.3) is 11.7 Å². The Labute approximate surface area is 227 Å². The first-order valence-corrected chi connectivity index (χ1v) is 12.6. The molecule has 1 saturated heterocycles. The van der Waals surface area contributed by atoms with E-state index in [1.165, 1.54) is 19.1 Å². The predicted molar refractivity (Wildman–Crippen MR) is 147 cm³/mol. The standard InChI is InChI=1S/C30H30ClNO6/c1-6-13-38-23-11-9-20(14-18(23)3)28(33)26-27(19-8-12-24(36-4)25(15-19)37-5)32(30(35)29(26)34)22-16-21(31)10-7-17(22)2/h7-12,14-16,27,33H,6,13H2,1-5H3/b28-26+. The molecule has 1 N–H and O–H groups in total. The number of rotatable bonds is 8. The molecule has 0 saturated carbocycles. The van der Waals surface area contributed by atoms with Crippen LogP contribution in [0.25, 0.3) is 5.76 Å². The number of halogens is 1. The Hall–Kier alpha value is -3.97. The molecule has 8 heteroatoms. The van der Waals surface area contributed by atoms with Crippen LogP contribution >= 0.6 is 11.6 Å². The maximum Gasteiger partial charge on any atom is 0.300 e. The lowest BCUT2D eigenvalue weighted by molar-refractivity contribution is -0.132. The first-order valence-electron chi connectivity index (χ1n) is 12.2. The lowest BCUT2D eigenvalue weighted by atomic mass is 9.94. The molecule has 0 aliphatic carbocycles. The molecule has 3 aromatic rings. The molecule has 7 nitrogen and oxygen atoms in total. The minimum Gasteiger partial charge on any atom is -0.507 e. The third kappa shape index (κ3) is 4.94. The lowest BCUT2D eigenvalue weighted by Gasteiger charge is -2.27. The number of carbonyl (C=O) groups is 2. The Bertz CT molecular complexity index is 1430. The van der Waals surface area contributed by atoms with Gasteiger partial charge in [0, 0.05) is 16.3 Å². The molecule has 1 aliphatic heterocycles. The minimum atomic E-state index is -0.941. The van der Waals surface area contributed by atoms with Gasteiger partial charge < -0.3 is 19.3 Å². The Balaban J connectivity index is 1.94. The van der Waals surface area contributed by atoms with Crippen molar-refractivity contribution in [1.29, 1.82) is 0 Å². The molecule has 0 aromatic heterocycles. The second-order valence-electron chi connectivity index (χ2n) is 9.04. The average Bonchev–Trinajstić information content (AvgIpc) is 3.18. The van der Waals surface area contributed by atoms with Gasteiger partial charge in [-0.15, -0.1) is 0 Å². The summed E-state index contributed by atoms with van der Waals surface area (Å²) in [6.07, 6.45) is 0.860. The monoisotopic (exact) mass is 535 g/mol. The fourth-order valence-corrected chi connectivity index (χ4v) is 4.75. The van der Waals surface area contributed by atoms with Gasteiger partial charge in [0.05, 0.1) is 32.4 Å². The number of anilines is 1. The zero-order valence-corrected chi connectivity index (χ0v) is 22.8. The third-order valence-electron chi connectivity index (χ3n) is 6.51. The van der Waals surface area contributed by atoms with Gasteiger partial charge in [-0.05, 0) is 79.4 Å². The molecule has 0 bridgehead atoms. The van der Waals surface area contributed by atoms with Crippen LogP contribution in [0.1, 0.15) is 41.6 Å². The van der Waals surface area contributed by atoms with Gasteiger partial charge in [0.1, 0.15) is 11.5 Å². The van der Waals surface area contributed by atoms with Crippen LogP contribution in [0.3, 0.4) is 0 Å². The highest BCUT2D eigenvalue weighted by Gasteiger charge is 2.47. The highest BCUT2D eigenvalue weighted by Crippen LogP contribution is 2.45. The normalized spacial score (nSPS) is 16.6. The highest BCUT2D eigenvalue weighted by molar-refractivity contribution is 6.52. The van der Waals surface area contributed by atoms with Gasteiger partial charge in [-0.1, -0.05) is 30.7 Å². The fourth-order valence-electron chi connectivity index (χ4n) is 4.59. The number of carbonyl (C=O) groups excluding carboxylic acids is 2. The van der Waals surface area contributed by atoms with Crippen molar-refractivity contribution in [1.82, 2.24) is 0 Å². The van der Waals surface area contributed by atoms with E-state index < -0.39 is 17.7 Å². The third-order valence-corrected chi connectivity index (χ3v) is 6.74. The average molecular weight is 536 g/mol. The number of Topliss-reactive ketones (excluding diaryl/α,β-unsaturated/α-hetero) is 1. The molecule has 1 aliphatic rings. The number of benzene rings is 3. The Kier molecular flexibility index (Phi) is 7.97. The predicted octanol–water partition coefficient (Wildman–Crippen LogP) is 6.39. The number of aryl methyl sites for hydroxylation is 2. The van der Waals surface area contributed by atoms with Crippen LogP contribution < -0.4 is 19.1 Å². The summed E-state index contributed by atoms with van der Waals surface area (Å²) in [5, 5.41) is 11.9. The van der Waals surface area contributed by atoms with Crippen molar-refractivity contribution in [2.24, 2.45) is 0 Å². The Morgan fingerprint density at radius 2 is 1.63 bits per heavy atom. The number of methoxy groups -OCH3 is 2. The molecule has 1 unspecified atom stereocenters. The molecular weight excluding hydrogens is 506 g/mol. The summed E-state index contributed by atoms with van der Waals surface area (Å²) in [4.78, 5) is 28.4. The van der Waals surface area contributed by atoms with Crippen LogP contribution in [0.5, 0.6) is 17.2 Å². The van der Waals surface area contributed by atoms with E-state index in [2.05, 4.69) is 0 Å². The molecule has 1 heterocycles. The summed E-state index contributed by atoms with van der Waals surface area (Å²) >= 11 is 6.29. The molecule has 1 atom stereocenters. The van der Waals surface area contributed by atoms with E-state index in [0.29, 0.717) is 45.7 Å². The van der Waals surface area contributed by atoms with Crippen molar-refractivity contribution in [3.63, 3.8) is 0 Å². The van der Waals surface area contributed by atoms with Gasteiger partial charge in [-0.2, -0.15) is 0 Å². The molecule has 1 amide bonds. The van der Waals surface area contributed by atoms with Gasteiger partial charge in [0.2, 0.25) is 0 Å². The van der Waals surface area contributed by atoms with Gasteiger partial charge in [-0.25, -0.2) is 0 Å². The number of hydrogen-bond donors (Lipinski definition) is 1. The minimum absolute atomic E-state index is 0.0387. The van der Waals surface area contributed by atoms with Crippen molar-refractivity contribution in [2.75, 3.05) is 25.7 Å². The van der Waals surface area contributed by atoms with Crippen LogP contribution in [0.4, 0.5) is 5.69 Å². The SMILES string of the molecule is CCCOc1ccc(/C(O)=C2\C(=O)C(=O)N(c3cc(Cl)ccc3C)C2c2ccc(OC)c(OC)c2)cc1C. The number of aliphatic hydroxyl groups is 1. The topological polar surface area (TPSA) is 85.3 Å². The van der Waals surface area contributed by atoms with Crippen LogP contribution in [0, 0.1) is 13.8 Å². The maximum absolute atomic E-state index is 13.5. The van der Waals surface area contributed by atoms with Crippen molar-refractivity contribution in [3.8, 4) is 17.2 Å². The first-order chi connectivity index (χ1) is 18.2. The number of hydrogen-bond acceptors (Lipinski definition) is 6. The number of amides is 1. The Morgan fingerprint density at radius 1 is 0.921 bits per heavy atom. The van der Waals surface area contributed by atoms with Crippen molar-refractivity contribution < 1.29 is 28.9 Å². The van der Waals surface area contributed by atoms with E-state index in [9.17, 15) is 14.7 Å². The number of nitrogens with zero attached hydrogens (tertiary/aromatic N) is 1. The zero-order chi connectivity index (χ0) is 27.6. The van der Waals surface area contributed by atoms with Crippen molar-refractivity contribution in [3.05, 3.63) is 87.4 Å². The van der Waals surface area contributed by atoms with E-state index >= 15 is 0 Å². The zero-order valence-electron chi connectivity index (χ0n) is 22.0. The molecule has 3 aromatic carbocycles. The first kappa shape index (κ1) is 27.1. The van der Waals surface area contributed by atoms with Crippen LogP contribution in [0.15, 0.2) is 60.2 Å². The number of aliphatic hydroxyl groups excluding tert-OH is 1. The van der Waals surface area contributed by atoms with E-state index in [0.717, 1.165) is 17.5 Å². The van der Waals surface area contributed by atoms with E-state index in [4.69, 9.17) is 25.8 Å². The molecule has 198 valence electrons. The largest absolute Gasteiger partial charge is 0.507 e. The number of ketones is 1. The quantitative estimate of drug-likeness (QED) is 0.204. The maximum atomic E-state index is 13.5. The second kappa shape index (κ2) is 11.2. The summed E-state index contributed by atoms with van der Waals surface area (Å²) in [5.74, 6) is -0.246. The summed E-state index contributed by atoms with van der Waals surface area (Å²) < 4.78 is 16.6. The fraction of sp³-hybridized carbons (Fsp3) is 0.267. The van der Waals surface area contributed by atoms with Gasteiger partial charge in [-0.3, -0.25) is 14.5 Å². The highest BCUT2D eigenvalue weighted by atomic mass is 35.5. The van der Waals surface area contributed by atoms with Crippen molar-refractivity contribution in [2.45, 2.75) is 33.2 Å². The van der Waals surface area contributed by atoms with E-state index in [1.54, 1.807) is 54.6 Å². The molecule has 0 radical (unpaired) electrons. The van der Waals surface area contributed by atoms with Crippen LogP contribution in [-0.4, -0.2) is 37.6 Å². The number of ether oxygens (including phenoxy) is 3. The van der Waals surface area contributed by atoms with Crippen LogP contribution in [0.2, 0.25) is 5.02 Å². The molecular formula is C30H30ClNO6. The summed E-state index contributed by atoms with van der Waals surface area (Å²) in [6, 6.07) is 14.5.